The number of ether oxygens (including phenoxy) is 1. The van der Waals surface area contributed by atoms with Crippen LogP contribution in [0.3, 0.4) is 0 Å². The van der Waals surface area contributed by atoms with Crippen LogP contribution in [0.4, 0.5) is 0 Å². The molecule has 0 amide bonds. The molecule has 196 valence electrons. The Balaban J connectivity index is 1.49. The van der Waals surface area contributed by atoms with E-state index in [4.69, 9.17) is 4.74 Å². The summed E-state index contributed by atoms with van der Waals surface area (Å²) in [5, 5.41) is 33.2. The molecular weight excluding hydrogens is 428 g/mol. The maximum Gasteiger partial charge on any atom is 0.302 e. The number of esters is 1. The first-order valence-corrected chi connectivity index (χ1v) is 14.0. The Morgan fingerprint density at radius 1 is 1.06 bits per heavy atom. The topological polar surface area (TPSA) is 87.0 Å². The second-order valence-electron chi connectivity index (χ2n) is 13.8. The summed E-state index contributed by atoms with van der Waals surface area (Å²) in [4.78, 5) is 11.6. The van der Waals surface area contributed by atoms with E-state index in [-0.39, 0.29) is 11.4 Å². The molecule has 0 bridgehead atoms. The standard InChI is InChI=1S/C29H50O5/c1-18(8-7-14-26(3,4)32)21-9-10-22-20-11-17-29(33)25(31)24(34-19(2)30)13-16-28(29,6)23(20)12-15-27(21,22)5/h18,20-25,31-33H,7-17H2,1-6H3/t18-,20+,21-,22+,23+,24+,25?,27-,28-,29?/m1/s1. The van der Waals surface area contributed by atoms with Crippen LogP contribution in [0.2, 0.25) is 0 Å². The molecule has 5 heteroatoms. The van der Waals surface area contributed by atoms with Gasteiger partial charge in [0.2, 0.25) is 0 Å². The van der Waals surface area contributed by atoms with Crippen molar-refractivity contribution in [2.45, 2.75) is 136 Å². The highest BCUT2D eigenvalue weighted by molar-refractivity contribution is 5.66. The molecule has 2 unspecified atom stereocenters. The number of aliphatic hydroxyl groups excluding tert-OH is 1. The van der Waals surface area contributed by atoms with Crippen molar-refractivity contribution in [1.29, 1.82) is 0 Å². The zero-order chi connectivity index (χ0) is 25.1. The highest BCUT2D eigenvalue weighted by Crippen LogP contribution is 2.69. The van der Waals surface area contributed by atoms with Gasteiger partial charge in [-0.25, -0.2) is 0 Å². The fourth-order valence-electron chi connectivity index (χ4n) is 9.64. The highest BCUT2D eigenvalue weighted by Gasteiger charge is 2.67. The van der Waals surface area contributed by atoms with Crippen molar-refractivity contribution < 1.29 is 24.9 Å². The third-order valence-corrected chi connectivity index (χ3v) is 11.4. The van der Waals surface area contributed by atoms with E-state index in [0.29, 0.717) is 41.9 Å². The van der Waals surface area contributed by atoms with E-state index in [0.717, 1.165) is 38.0 Å². The number of fused-ring (bicyclic) bond motifs is 5. The zero-order valence-electron chi connectivity index (χ0n) is 22.5. The van der Waals surface area contributed by atoms with E-state index in [1.165, 1.54) is 32.6 Å². The Kier molecular flexibility index (Phi) is 7.01. The molecule has 0 aromatic rings. The van der Waals surface area contributed by atoms with Gasteiger partial charge in [-0.1, -0.05) is 33.6 Å². The van der Waals surface area contributed by atoms with Gasteiger partial charge >= 0.3 is 5.97 Å². The van der Waals surface area contributed by atoms with Crippen molar-refractivity contribution in [3.8, 4) is 0 Å². The van der Waals surface area contributed by atoms with Crippen molar-refractivity contribution in [3.63, 3.8) is 0 Å². The summed E-state index contributed by atoms with van der Waals surface area (Å²) in [6.07, 6.45) is 9.43. The van der Waals surface area contributed by atoms with Gasteiger partial charge < -0.3 is 20.1 Å². The summed E-state index contributed by atoms with van der Waals surface area (Å²) in [6, 6.07) is 0. The monoisotopic (exact) mass is 478 g/mol. The van der Waals surface area contributed by atoms with Gasteiger partial charge in [0, 0.05) is 12.3 Å². The molecule has 0 heterocycles. The lowest BCUT2D eigenvalue weighted by atomic mass is 9.42. The molecule has 4 fully saturated rings. The fourth-order valence-corrected chi connectivity index (χ4v) is 9.64. The smallest absolute Gasteiger partial charge is 0.302 e. The van der Waals surface area contributed by atoms with Gasteiger partial charge in [0.15, 0.2) is 0 Å². The lowest BCUT2D eigenvalue weighted by Crippen LogP contribution is -2.69. The Bertz CT molecular complexity index is 760. The molecule has 4 aliphatic rings. The summed E-state index contributed by atoms with van der Waals surface area (Å²) in [6.45, 7) is 12.4. The lowest BCUT2D eigenvalue weighted by molar-refractivity contribution is -0.270. The SMILES string of the molecule is CC(=O)O[C@H]1CC[C@]2(C)[C@H]3CC[C@]4(C)[C@@H]([C@H](C)CCCC(C)(C)O)CC[C@H]4[C@@H]3CCC2(O)C1O. The molecule has 0 radical (unpaired) electrons. The van der Waals surface area contributed by atoms with Crippen LogP contribution < -0.4 is 0 Å². The average Bonchev–Trinajstić information content (AvgIpc) is 3.08. The molecule has 0 spiro atoms. The van der Waals surface area contributed by atoms with Crippen LogP contribution in [-0.2, 0) is 9.53 Å². The molecule has 5 nitrogen and oxygen atoms in total. The highest BCUT2D eigenvalue weighted by atomic mass is 16.6. The molecule has 0 aliphatic heterocycles. The van der Waals surface area contributed by atoms with Gasteiger partial charge in [-0.2, -0.15) is 0 Å². The summed E-state index contributed by atoms with van der Waals surface area (Å²) < 4.78 is 5.41. The number of aliphatic hydroxyl groups is 3. The number of carbonyl (C=O) groups is 1. The molecule has 4 rings (SSSR count). The first-order valence-electron chi connectivity index (χ1n) is 14.0. The van der Waals surface area contributed by atoms with E-state index >= 15 is 0 Å². The minimum absolute atomic E-state index is 0.330. The van der Waals surface area contributed by atoms with E-state index in [1.54, 1.807) is 0 Å². The largest absolute Gasteiger partial charge is 0.460 e. The number of carbonyl (C=O) groups excluding carboxylic acids is 1. The van der Waals surface area contributed by atoms with Crippen LogP contribution in [0.25, 0.3) is 0 Å². The molecule has 10 atom stereocenters. The second kappa shape index (κ2) is 9.03. The minimum Gasteiger partial charge on any atom is -0.460 e. The molecule has 4 aliphatic carbocycles. The van der Waals surface area contributed by atoms with Crippen molar-refractivity contribution in [1.82, 2.24) is 0 Å². The van der Waals surface area contributed by atoms with E-state index in [1.807, 2.05) is 13.8 Å². The second-order valence-corrected chi connectivity index (χ2v) is 13.8. The molecule has 0 saturated heterocycles. The van der Waals surface area contributed by atoms with Crippen molar-refractivity contribution >= 4 is 5.97 Å². The van der Waals surface area contributed by atoms with Crippen LogP contribution in [0.15, 0.2) is 0 Å². The van der Waals surface area contributed by atoms with Crippen LogP contribution in [-0.4, -0.2) is 44.7 Å². The third kappa shape index (κ3) is 4.26. The molecule has 4 saturated carbocycles. The van der Waals surface area contributed by atoms with E-state index in [9.17, 15) is 20.1 Å². The fraction of sp³-hybridized carbons (Fsp3) is 0.966. The number of rotatable bonds is 6. The van der Waals surface area contributed by atoms with Crippen LogP contribution in [0, 0.1) is 40.4 Å². The zero-order valence-corrected chi connectivity index (χ0v) is 22.5. The van der Waals surface area contributed by atoms with E-state index < -0.39 is 23.4 Å². The van der Waals surface area contributed by atoms with E-state index in [2.05, 4.69) is 20.8 Å². The molecular formula is C29H50O5. The summed E-state index contributed by atoms with van der Waals surface area (Å²) in [5.41, 5.74) is -1.73. The van der Waals surface area contributed by atoms with Gasteiger partial charge in [-0.15, -0.1) is 0 Å². The van der Waals surface area contributed by atoms with Crippen LogP contribution in [0.1, 0.15) is 112 Å². The Hall–Kier alpha value is -0.650. The van der Waals surface area contributed by atoms with Crippen molar-refractivity contribution in [2.75, 3.05) is 0 Å². The van der Waals surface area contributed by atoms with Gasteiger partial charge in [0.05, 0.1) is 11.2 Å². The Labute approximate surface area is 207 Å². The average molecular weight is 479 g/mol. The predicted molar refractivity (Wildman–Crippen MR) is 133 cm³/mol. The maximum absolute atomic E-state index is 11.9. The van der Waals surface area contributed by atoms with Gasteiger partial charge in [-0.3, -0.25) is 4.79 Å². The van der Waals surface area contributed by atoms with Crippen molar-refractivity contribution in [3.05, 3.63) is 0 Å². The first-order chi connectivity index (χ1) is 15.7. The number of hydrogen-bond acceptors (Lipinski definition) is 5. The van der Waals surface area contributed by atoms with Crippen molar-refractivity contribution in [2.24, 2.45) is 40.4 Å². The molecule has 0 aromatic heterocycles. The molecule has 34 heavy (non-hydrogen) atoms. The Morgan fingerprint density at radius 2 is 1.76 bits per heavy atom. The predicted octanol–water partition coefficient (Wildman–Crippen LogP) is 5.24. The number of hydrogen-bond donors (Lipinski definition) is 3. The first kappa shape index (κ1) is 26.4. The minimum atomic E-state index is -1.18. The van der Waals surface area contributed by atoms with Crippen LogP contribution >= 0.6 is 0 Å². The summed E-state index contributed by atoms with van der Waals surface area (Å²) >= 11 is 0. The Morgan fingerprint density at radius 3 is 2.41 bits per heavy atom. The third-order valence-electron chi connectivity index (χ3n) is 11.4. The summed E-state index contributed by atoms with van der Waals surface area (Å²) in [5.74, 6) is 2.74. The van der Waals surface area contributed by atoms with Gasteiger partial charge in [-0.05, 0) is 107 Å². The lowest BCUT2D eigenvalue weighted by Gasteiger charge is -2.65. The normalized spacial score (nSPS) is 47.3. The van der Waals surface area contributed by atoms with Crippen LogP contribution in [0.5, 0.6) is 0 Å². The van der Waals surface area contributed by atoms with Gasteiger partial charge in [0.25, 0.3) is 0 Å². The molecule has 3 N–H and O–H groups in total. The quantitative estimate of drug-likeness (QED) is 0.455. The summed E-state index contributed by atoms with van der Waals surface area (Å²) in [7, 11) is 0. The maximum atomic E-state index is 11.9. The molecule has 0 aromatic carbocycles. The van der Waals surface area contributed by atoms with Gasteiger partial charge in [0.1, 0.15) is 12.2 Å².